The van der Waals surface area contributed by atoms with Crippen molar-refractivity contribution in [2.45, 2.75) is 58.1 Å². The number of aromatic nitrogens is 1. The van der Waals surface area contributed by atoms with Crippen molar-refractivity contribution in [1.82, 2.24) is 10.3 Å². The Kier molecular flexibility index (Phi) is 4.87. The molecule has 0 spiro atoms. The first-order valence-corrected chi connectivity index (χ1v) is 8.50. The largest absolute Gasteiger partial charge is 0.375 e. The van der Waals surface area contributed by atoms with Gasteiger partial charge < -0.3 is 10.1 Å². The smallest absolute Gasteiger partial charge is 0.271 e. The fraction of sp³-hybridized carbons (Fsp3) is 0.714. The van der Waals surface area contributed by atoms with Gasteiger partial charge in [0, 0.05) is 17.5 Å². The molecule has 1 unspecified atom stereocenters. The van der Waals surface area contributed by atoms with Crippen LogP contribution in [0.5, 0.6) is 0 Å². The van der Waals surface area contributed by atoms with E-state index in [2.05, 4.69) is 53.9 Å². The van der Waals surface area contributed by atoms with Crippen LogP contribution in [-0.2, 0) is 4.74 Å². The first-order valence-electron chi connectivity index (χ1n) is 6.89. The van der Waals surface area contributed by atoms with Gasteiger partial charge in [-0.15, -0.1) is 11.3 Å². The summed E-state index contributed by atoms with van der Waals surface area (Å²) in [5, 5.41) is 3.10. The number of halogens is 1. The quantitative estimate of drug-likeness (QED) is 0.893. The Morgan fingerprint density at radius 3 is 2.85 bits per heavy atom. The molecule has 1 N–H and O–H groups in total. The van der Waals surface area contributed by atoms with Crippen LogP contribution in [0.4, 0.5) is 0 Å². The zero-order valence-electron chi connectivity index (χ0n) is 12.3. The number of thiazole rings is 1. The van der Waals surface area contributed by atoms with Crippen LogP contribution in [-0.4, -0.2) is 29.1 Å². The van der Waals surface area contributed by atoms with Crippen LogP contribution in [0.15, 0.2) is 3.92 Å². The van der Waals surface area contributed by atoms with Crippen molar-refractivity contribution in [1.29, 1.82) is 0 Å². The van der Waals surface area contributed by atoms with Gasteiger partial charge in [0.05, 0.1) is 5.60 Å². The molecule has 20 heavy (non-hydrogen) atoms. The highest BCUT2D eigenvalue weighted by atomic mass is 79.9. The molecule has 0 radical (unpaired) electrons. The maximum atomic E-state index is 12.4. The van der Waals surface area contributed by atoms with E-state index in [1.807, 2.05) is 0 Å². The van der Waals surface area contributed by atoms with E-state index in [1.165, 1.54) is 11.3 Å². The third kappa shape index (κ3) is 3.80. The van der Waals surface area contributed by atoms with Crippen molar-refractivity contribution in [2.75, 3.05) is 6.61 Å². The van der Waals surface area contributed by atoms with Crippen LogP contribution < -0.4 is 5.32 Å². The topological polar surface area (TPSA) is 51.2 Å². The molecule has 4 nitrogen and oxygen atoms in total. The molecule has 0 aliphatic carbocycles. The zero-order valence-corrected chi connectivity index (χ0v) is 14.7. The van der Waals surface area contributed by atoms with Gasteiger partial charge in [-0.1, -0.05) is 13.8 Å². The molecule has 2 heterocycles. The Bertz CT molecular complexity index is 499. The lowest BCUT2D eigenvalue weighted by molar-refractivity contribution is -0.0615. The predicted molar refractivity (Wildman–Crippen MR) is 84.4 cm³/mol. The van der Waals surface area contributed by atoms with Crippen LogP contribution >= 0.6 is 27.3 Å². The number of hydrogen-bond acceptors (Lipinski definition) is 4. The Morgan fingerprint density at radius 2 is 2.25 bits per heavy atom. The number of ether oxygens (including phenoxy) is 1. The van der Waals surface area contributed by atoms with Crippen LogP contribution in [0.2, 0.25) is 0 Å². The Hall–Kier alpha value is -0.460. The normalized spacial score (nSPS) is 22.0. The molecule has 1 aromatic heterocycles. The Balaban J connectivity index is 2.09. The minimum Gasteiger partial charge on any atom is -0.375 e. The second-order valence-electron chi connectivity index (χ2n) is 6.11. The number of hydrogen-bond donors (Lipinski definition) is 1. The highest BCUT2D eigenvalue weighted by molar-refractivity contribution is 9.11. The third-order valence-electron chi connectivity index (χ3n) is 3.40. The lowest BCUT2D eigenvalue weighted by Gasteiger charge is -2.35. The predicted octanol–water partition coefficient (Wildman–Crippen LogP) is 3.72. The average molecular weight is 361 g/mol. The number of nitrogens with zero attached hydrogens (tertiary/aromatic N) is 1. The second-order valence-corrected chi connectivity index (χ2v) is 8.41. The van der Waals surface area contributed by atoms with E-state index in [4.69, 9.17) is 4.74 Å². The molecule has 1 aliphatic heterocycles. The summed E-state index contributed by atoms with van der Waals surface area (Å²) in [5.41, 5.74) is 0.390. The van der Waals surface area contributed by atoms with Crippen LogP contribution in [0.25, 0.3) is 0 Å². The average Bonchev–Trinajstić information content (AvgIpc) is 2.70. The van der Waals surface area contributed by atoms with Crippen molar-refractivity contribution in [3.8, 4) is 0 Å². The summed E-state index contributed by atoms with van der Waals surface area (Å²) in [7, 11) is 0. The molecular formula is C14H21BrN2O2S. The van der Waals surface area contributed by atoms with Gasteiger partial charge >= 0.3 is 0 Å². The minimum absolute atomic E-state index is 0.0710. The molecule has 0 aromatic carbocycles. The van der Waals surface area contributed by atoms with Crippen molar-refractivity contribution < 1.29 is 9.53 Å². The maximum Gasteiger partial charge on any atom is 0.271 e. The Morgan fingerprint density at radius 1 is 1.55 bits per heavy atom. The Labute approximate surface area is 132 Å². The summed E-state index contributed by atoms with van der Waals surface area (Å²) >= 11 is 4.90. The van der Waals surface area contributed by atoms with Gasteiger partial charge in [0.1, 0.15) is 5.69 Å². The first-order chi connectivity index (χ1) is 9.28. The molecule has 1 aromatic rings. The van der Waals surface area contributed by atoms with Gasteiger partial charge in [0.2, 0.25) is 0 Å². The minimum atomic E-state index is -0.167. The first kappa shape index (κ1) is 15.9. The molecule has 0 bridgehead atoms. The van der Waals surface area contributed by atoms with Gasteiger partial charge in [-0.2, -0.15) is 0 Å². The molecule has 1 fully saturated rings. The summed E-state index contributed by atoms with van der Waals surface area (Å²) in [6, 6.07) is 0.159. The van der Waals surface area contributed by atoms with Crippen molar-refractivity contribution in [3.05, 3.63) is 14.5 Å². The molecular weight excluding hydrogens is 340 g/mol. The number of nitrogens with one attached hydrogen (secondary N) is 1. The molecule has 1 aliphatic rings. The molecule has 2 rings (SSSR count). The fourth-order valence-electron chi connectivity index (χ4n) is 2.47. The molecule has 0 saturated carbocycles. The monoisotopic (exact) mass is 360 g/mol. The van der Waals surface area contributed by atoms with E-state index in [9.17, 15) is 4.79 Å². The number of rotatable bonds is 3. The van der Waals surface area contributed by atoms with Crippen LogP contribution in [0.1, 0.15) is 61.8 Å². The number of amides is 1. The fourth-order valence-corrected chi connectivity index (χ4v) is 3.96. The van der Waals surface area contributed by atoms with Gasteiger partial charge in [-0.05, 0) is 48.5 Å². The van der Waals surface area contributed by atoms with E-state index in [0.717, 1.165) is 21.6 Å². The van der Waals surface area contributed by atoms with Crippen molar-refractivity contribution >= 4 is 33.2 Å². The van der Waals surface area contributed by atoms with Crippen LogP contribution in [0, 0.1) is 0 Å². The lowest BCUT2D eigenvalue weighted by Crippen LogP contribution is -2.46. The van der Waals surface area contributed by atoms with Gasteiger partial charge in [-0.3, -0.25) is 4.79 Å². The summed E-state index contributed by atoms with van der Waals surface area (Å²) in [6.07, 6.45) is 1.69. The summed E-state index contributed by atoms with van der Waals surface area (Å²) in [6.45, 7) is 8.97. The maximum absolute atomic E-state index is 12.4. The number of carbonyl (C=O) groups excluding carboxylic acids is 1. The second kappa shape index (κ2) is 6.12. The van der Waals surface area contributed by atoms with Crippen molar-refractivity contribution in [2.24, 2.45) is 0 Å². The lowest BCUT2D eigenvalue weighted by atomic mass is 9.94. The van der Waals surface area contributed by atoms with Crippen LogP contribution in [0.3, 0.4) is 0 Å². The standard InChI is InChI=1S/C14H21BrN2O2S/c1-8(2)11-10(17-13(15)20-11)12(18)16-9-5-6-19-14(3,4)7-9/h8-9H,5-7H2,1-4H3,(H,16,18). The molecule has 1 saturated heterocycles. The zero-order chi connectivity index (χ0) is 14.9. The van der Waals surface area contributed by atoms with E-state index in [1.54, 1.807) is 0 Å². The molecule has 6 heteroatoms. The van der Waals surface area contributed by atoms with E-state index >= 15 is 0 Å². The van der Waals surface area contributed by atoms with E-state index in [0.29, 0.717) is 18.2 Å². The molecule has 1 atom stereocenters. The summed E-state index contributed by atoms with van der Waals surface area (Å²) < 4.78 is 6.44. The van der Waals surface area contributed by atoms with Gasteiger partial charge in [-0.25, -0.2) is 4.98 Å². The molecule has 1 amide bonds. The van der Waals surface area contributed by atoms with Gasteiger partial charge in [0.15, 0.2) is 3.92 Å². The third-order valence-corrected chi connectivity index (χ3v) is 5.21. The van der Waals surface area contributed by atoms with Crippen molar-refractivity contribution in [3.63, 3.8) is 0 Å². The SMILES string of the molecule is CC(C)c1sc(Br)nc1C(=O)NC1CCOC(C)(C)C1. The summed E-state index contributed by atoms with van der Waals surface area (Å²) in [5.74, 6) is 0.226. The van der Waals surface area contributed by atoms with E-state index < -0.39 is 0 Å². The molecule has 112 valence electrons. The van der Waals surface area contributed by atoms with E-state index in [-0.39, 0.29) is 17.6 Å². The highest BCUT2D eigenvalue weighted by Gasteiger charge is 2.31. The highest BCUT2D eigenvalue weighted by Crippen LogP contribution is 2.30. The number of carbonyl (C=O) groups is 1. The van der Waals surface area contributed by atoms with Gasteiger partial charge in [0.25, 0.3) is 5.91 Å². The summed E-state index contributed by atoms with van der Waals surface area (Å²) in [4.78, 5) is 17.8.